The summed E-state index contributed by atoms with van der Waals surface area (Å²) in [7, 11) is 1.68. The van der Waals surface area contributed by atoms with E-state index in [0.717, 1.165) is 10.2 Å². The van der Waals surface area contributed by atoms with Crippen LogP contribution in [0.3, 0.4) is 0 Å². The van der Waals surface area contributed by atoms with Gasteiger partial charge in [-0.2, -0.15) is 0 Å². The summed E-state index contributed by atoms with van der Waals surface area (Å²) in [6, 6.07) is 7.46. The Morgan fingerprint density at radius 2 is 2.00 bits per heavy atom. The van der Waals surface area contributed by atoms with Crippen molar-refractivity contribution < 1.29 is 4.79 Å². The Morgan fingerprint density at radius 1 is 1.33 bits per heavy atom. The minimum atomic E-state index is -0.0426. The zero-order valence-corrected chi connectivity index (χ0v) is 15.8. The van der Waals surface area contributed by atoms with E-state index in [0.29, 0.717) is 25.5 Å². The van der Waals surface area contributed by atoms with Gasteiger partial charge in [-0.05, 0) is 24.3 Å². The summed E-state index contributed by atoms with van der Waals surface area (Å²) in [4.78, 5) is 15.8. The molecule has 0 aliphatic carbocycles. The van der Waals surface area contributed by atoms with E-state index < -0.39 is 0 Å². The number of guanidine groups is 1. The van der Waals surface area contributed by atoms with Crippen molar-refractivity contribution in [1.82, 2.24) is 10.6 Å². The number of amides is 1. The van der Waals surface area contributed by atoms with Crippen LogP contribution >= 0.6 is 39.9 Å². The summed E-state index contributed by atoms with van der Waals surface area (Å²) in [6.45, 7) is 4.76. The molecule has 0 spiro atoms. The fraction of sp³-hybridized carbons (Fsp3) is 0.286. The normalized spacial score (nSPS) is 10.3. The van der Waals surface area contributed by atoms with Crippen LogP contribution in [0.5, 0.6) is 0 Å². The molecule has 7 heteroatoms. The number of aliphatic imine (C=N–C) groups is 1. The van der Waals surface area contributed by atoms with Gasteiger partial charge in [-0.1, -0.05) is 22.0 Å². The molecular weight excluding hydrogens is 447 g/mol. The van der Waals surface area contributed by atoms with Gasteiger partial charge in [-0.15, -0.1) is 30.6 Å². The lowest BCUT2D eigenvalue weighted by molar-refractivity contribution is -0.116. The topological polar surface area (TPSA) is 65.5 Å². The van der Waals surface area contributed by atoms with Gasteiger partial charge >= 0.3 is 0 Å². The molecule has 1 aromatic rings. The fourth-order valence-electron chi connectivity index (χ4n) is 1.44. The Hall–Kier alpha value is -1.09. The predicted octanol–water partition coefficient (Wildman–Crippen LogP) is 2.75. The number of benzene rings is 1. The second-order valence-electron chi connectivity index (χ2n) is 3.97. The molecule has 1 rings (SSSR count). The Labute approximate surface area is 150 Å². The number of carbonyl (C=O) groups excluding carboxylic acids is 1. The first-order chi connectivity index (χ1) is 9.65. The first kappa shape index (κ1) is 19.9. The number of anilines is 1. The van der Waals surface area contributed by atoms with E-state index in [1.54, 1.807) is 13.1 Å². The minimum absolute atomic E-state index is 0. The summed E-state index contributed by atoms with van der Waals surface area (Å²) in [5.41, 5.74) is 0.785. The molecule has 1 aromatic carbocycles. The molecule has 0 bridgehead atoms. The van der Waals surface area contributed by atoms with Crippen LogP contribution in [0.25, 0.3) is 0 Å². The van der Waals surface area contributed by atoms with Crippen LogP contribution < -0.4 is 16.0 Å². The van der Waals surface area contributed by atoms with E-state index in [1.807, 2.05) is 24.3 Å². The maximum Gasteiger partial charge on any atom is 0.226 e. The van der Waals surface area contributed by atoms with Crippen molar-refractivity contribution in [2.24, 2.45) is 4.99 Å². The second kappa shape index (κ2) is 11.6. The molecular formula is C14H20BrIN4O. The molecule has 0 saturated heterocycles. The van der Waals surface area contributed by atoms with Gasteiger partial charge in [0.1, 0.15) is 0 Å². The van der Waals surface area contributed by atoms with Crippen molar-refractivity contribution in [3.63, 3.8) is 0 Å². The highest BCUT2D eigenvalue weighted by Crippen LogP contribution is 2.14. The standard InChI is InChI=1S/C14H19BrN4O.HI/c1-3-9-17-14(16-2)18-10-8-13(20)19-12-6-4-11(15)5-7-12;/h3-7H,1,8-10H2,2H3,(H,19,20)(H2,16,17,18);1H. The van der Waals surface area contributed by atoms with Gasteiger partial charge in [0.25, 0.3) is 0 Å². The Kier molecular flexibility index (Phi) is 11.0. The average molecular weight is 467 g/mol. The third-order valence-corrected chi connectivity index (χ3v) is 2.94. The van der Waals surface area contributed by atoms with Crippen LogP contribution in [0, 0.1) is 0 Å². The minimum Gasteiger partial charge on any atom is -0.356 e. The third-order valence-electron chi connectivity index (χ3n) is 2.41. The maximum absolute atomic E-state index is 11.7. The lowest BCUT2D eigenvalue weighted by Gasteiger charge is -2.10. The summed E-state index contributed by atoms with van der Waals surface area (Å²) in [6.07, 6.45) is 2.11. The molecule has 0 saturated carbocycles. The molecule has 5 nitrogen and oxygen atoms in total. The van der Waals surface area contributed by atoms with Crippen molar-refractivity contribution >= 4 is 57.5 Å². The highest BCUT2D eigenvalue weighted by Gasteiger charge is 2.03. The smallest absolute Gasteiger partial charge is 0.226 e. The van der Waals surface area contributed by atoms with Crippen molar-refractivity contribution in [1.29, 1.82) is 0 Å². The highest BCUT2D eigenvalue weighted by molar-refractivity contribution is 14.0. The molecule has 0 radical (unpaired) electrons. The van der Waals surface area contributed by atoms with E-state index >= 15 is 0 Å². The lowest BCUT2D eigenvalue weighted by atomic mass is 10.3. The molecule has 3 N–H and O–H groups in total. The van der Waals surface area contributed by atoms with E-state index in [9.17, 15) is 4.79 Å². The Balaban J connectivity index is 0.00000400. The summed E-state index contributed by atoms with van der Waals surface area (Å²) >= 11 is 3.35. The molecule has 21 heavy (non-hydrogen) atoms. The summed E-state index contributed by atoms with van der Waals surface area (Å²) in [5.74, 6) is 0.611. The van der Waals surface area contributed by atoms with Gasteiger partial charge in [-0.25, -0.2) is 0 Å². The zero-order chi connectivity index (χ0) is 14.8. The van der Waals surface area contributed by atoms with Gasteiger partial charge in [0.2, 0.25) is 5.91 Å². The number of nitrogens with one attached hydrogen (secondary N) is 3. The average Bonchev–Trinajstić information content (AvgIpc) is 2.45. The van der Waals surface area contributed by atoms with Crippen molar-refractivity contribution in [2.75, 3.05) is 25.5 Å². The molecule has 116 valence electrons. The molecule has 0 unspecified atom stereocenters. The lowest BCUT2D eigenvalue weighted by Crippen LogP contribution is -2.38. The van der Waals surface area contributed by atoms with Crippen LogP contribution in [-0.4, -0.2) is 32.0 Å². The molecule has 0 aliphatic rings. The quantitative estimate of drug-likeness (QED) is 0.261. The fourth-order valence-corrected chi connectivity index (χ4v) is 1.70. The maximum atomic E-state index is 11.7. The summed E-state index contributed by atoms with van der Waals surface area (Å²) in [5, 5.41) is 8.91. The van der Waals surface area contributed by atoms with Crippen molar-refractivity contribution in [2.45, 2.75) is 6.42 Å². The first-order valence-electron chi connectivity index (χ1n) is 6.26. The van der Waals surface area contributed by atoms with E-state index in [4.69, 9.17) is 0 Å². The van der Waals surface area contributed by atoms with Gasteiger partial charge in [0, 0.05) is 36.7 Å². The van der Waals surface area contributed by atoms with E-state index in [1.165, 1.54) is 0 Å². The number of halogens is 2. The SMILES string of the molecule is C=CCNC(=NC)NCCC(=O)Nc1ccc(Br)cc1.I. The number of hydrogen-bond donors (Lipinski definition) is 3. The molecule has 0 heterocycles. The van der Waals surface area contributed by atoms with Gasteiger partial charge in [-0.3, -0.25) is 9.79 Å². The van der Waals surface area contributed by atoms with E-state index in [2.05, 4.69) is 43.5 Å². The van der Waals surface area contributed by atoms with Gasteiger partial charge in [0.15, 0.2) is 5.96 Å². The van der Waals surface area contributed by atoms with Crippen molar-refractivity contribution in [3.8, 4) is 0 Å². The first-order valence-corrected chi connectivity index (χ1v) is 7.06. The molecule has 0 atom stereocenters. The van der Waals surface area contributed by atoms with E-state index in [-0.39, 0.29) is 29.9 Å². The van der Waals surface area contributed by atoms with Crippen LogP contribution in [0.4, 0.5) is 5.69 Å². The highest BCUT2D eigenvalue weighted by atomic mass is 127. The number of carbonyl (C=O) groups is 1. The molecule has 1 amide bonds. The van der Waals surface area contributed by atoms with Gasteiger partial charge in [0.05, 0.1) is 0 Å². The van der Waals surface area contributed by atoms with Crippen LogP contribution in [0.2, 0.25) is 0 Å². The number of hydrogen-bond acceptors (Lipinski definition) is 2. The second-order valence-corrected chi connectivity index (χ2v) is 4.89. The molecule has 0 aromatic heterocycles. The number of rotatable bonds is 6. The third kappa shape index (κ3) is 8.71. The predicted molar refractivity (Wildman–Crippen MR) is 102 cm³/mol. The Morgan fingerprint density at radius 3 is 2.57 bits per heavy atom. The van der Waals surface area contributed by atoms with Gasteiger partial charge < -0.3 is 16.0 Å². The molecule has 0 aliphatic heterocycles. The summed E-state index contributed by atoms with van der Waals surface area (Å²) < 4.78 is 0.981. The number of nitrogens with zero attached hydrogens (tertiary/aromatic N) is 1. The molecule has 0 fully saturated rings. The van der Waals surface area contributed by atoms with Crippen LogP contribution in [0.1, 0.15) is 6.42 Å². The van der Waals surface area contributed by atoms with Crippen molar-refractivity contribution in [3.05, 3.63) is 41.4 Å². The zero-order valence-electron chi connectivity index (χ0n) is 11.9. The van der Waals surface area contributed by atoms with Crippen LogP contribution in [-0.2, 0) is 4.79 Å². The monoisotopic (exact) mass is 466 g/mol. The van der Waals surface area contributed by atoms with Crippen LogP contribution in [0.15, 0.2) is 46.4 Å². The largest absolute Gasteiger partial charge is 0.356 e. The Bertz CT molecular complexity index is 476.